The number of aromatic amines is 1. The fraction of sp³-hybridized carbons (Fsp3) is 0.0455. The number of rotatable bonds is 1. The quantitative estimate of drug-likeness (QED) is 0.364. The lowest BCUT2D eigenvalue weighted by Gasteiger charge is -2.07. The van der Waals surface area contributed by atoms with E-state index in [1.54, 1.807) is 18.3 Å². The van der Waals surface area contributed by atoms with Crippen LogP contribution in [0.25, 0.3) is 48.4 Å². The normalized spacial score (nSPS) is 12.5. The Bertz CT molecular complexity index is 1680. The average Bonchev–Trinajstić information content (AvgIpc) is 3.34. The van der Waals surface area contributed by atoms with Crippen molar-refractivity contribution < 1.29 is 13.2 Å². The minimum Gasteiger partial charge on any atom is -0.339 e. The first-order valence-electron chi connectivity index (χ1n) is 9.30. The monoisotopic (exact) mass is 436 g/mol. The van der Waals surface area contributed by atoms with Crippen LogP contribution in [0.5, 0.6) is 0 Å². The van der Waals surface area contributed by atoms with Crippen LogP contribution in [-0.4, -0.2) is 19.4 Å². The summed E-state index contributed by atoms with van der Waals surface area (Å²) < 4.78 is 42.2. The van der Waals surface area contributed by atoms with E-state index in [1.807, 2.05) is 24.3 Å². The van der Waals surface area contributed by atoms with Crippen LogP contribution in [0.3, 0.4) is 0 Å². The number of nitrogens with zero attached hydrogens (tertiary/aromatic N) is 3. The number of hydrogen-bond donors (Lipinski definition) is 1. The number of fused-ring (bicyclic) bond motifs is 5. The Balaban J connectivity index is 1.82. The fourth-order valence-electron chi connectivity index (χ4n) is 3.88. The highest BCUT2D eigenvalue weighted by Crippen LogP contribution is 2.37. The molecule has 6 aromatic rings. The Morgan fingerprint density at radius 1 is 1.03 bits per heavy atom. The number of halogens is 3. The van der Waals surface area contributed by atoms with Crippen LogP contribution in [0.2, 0.25) is 0 Å². The maximum Gasteiger partial charge on any atom is 0.416 e. The molecule has 4 heterocycles. The third kappa shape index (κ3) is 2.59. The van der Waals surface area contributed by atoms with E-state index in [0.29, 0.717) is 32.6 Å². The standard InChI is InChI=1S/C22H11F3N4OS/c23-22(24,25)11-7-8-13-15(10-11)29-19(27-13)17(18-12(21(29)30)4-3-9-26-18)20-28-14-5-1-2-6-16(14)31-20/h1-10,27H. The van der Waals surface area contributed by atoms with E-state index in [-0.39, 0.29) is 5.52 Å². The molecule has 2 aromatic carbocycles. The van der Waals surface area contributed by atoms with Crippen molar-refractivity contribution in [2.45, 2.75) is 6.18 Å². The third-order valence-corrected chi connectivity index (χ3v) is 6.32. The van der Waals surface area contributed by atoms with Gasteiger partial charge in [-0.05, 0) is 42.5 Å². The lowest BCUT2D eigenvalue weighted by molar-refractivity contribution is -0.137. The van der Waals surface area contributed by atoms with Crippen LogP contribution < -0.4 is 5.56 Å². The maximum atomic E-state index is 13.3. The van der Waals surface area contributed by atoms with Crippen molar-refractivity contribution in [2.75, 3.05) is 0 Å². The zero-order valence-electron chi connectivity index (χ0n) is 15.6. The lowest BCUT2D eigenvalue weighted by atomic mass is 10.1. The Kier molecular flexibility index (Phi) is 3.58. The molecule has 0 aliphatic rings. The van der Waals surface area contributed by atoms with E-state index in [0.717, 1.165) is 22.3 Å². The minimum atomic E-state index is -4.52. The fourth-order valence-corrected chi connectivity index (χ4v) is 4.89. The topological polar surface area (TPSA) is 63.0 Å². The van der Waals surface area contributed by atoms with E-state index in [2.05, 4.69) is 9.97 Å². The molecular weight excluding hydrogens is 425 g/mol. The molecule has 0 radical (unpaired) electrons. The van der Waals surface area contributed by atoms with Gasteiger partial charge in [-0.3, -0.25) is 14.2 Å². The van der Waals surface area contributed by atoms with E-state index in [4.69, 9.17) is 4.98 Å². The molecule has 0 fully saturated rings. The highest BCUT2D eigenvalue weighted by Gasteiger charge is 2.31. The predicted octanol–water partition coefficient (Wildman–Crippen LogP) is 5.62. The lowest BCUT2D eigenvalue weighted by Crippen LogP contribution is -2.14. The summed E-state index contributed by atoms with van der Waals surface area (Å²) >= 11 is 1.44. The number of para-hydroxylation sites is 1. The molecule has 0 unspecified atom stereocenters. The molecule has 4 aromatic heterocycles. The Labute approximate surface area is 175 Å². The Hall–Kier alpha value is -3.72. The summed E-state index contributed by atoms with van der Waals surface area (Å²) in [6, 6.07) is 14.2. The highest BCUT2D eigenvalue weighted by molar-refractivity contribution is 7.21. The number of nitrogens with one attached hydrogen (secondary N) is 1. The van der Waals surface area contributed by atoms with Crippen LogP contribution >= 0.6 is 11.3 Å². The number of benzene rings is 2. The molecule has 9 heteroatoms. The van der Waals surface area contributed by atoms with Crippen molar-refractivity contribution in [1.82, 2.24) is 19.4 Å². The van der Waals surface area contributed by atoms with E-state index < -0.39 is 17.3 Å². The van der Waals surface area contributed by atoms with Crippen LogP contribution in [-0.2, 0) is 6.18 Å². The third-order valence-electron chi connectivity index (χ3n) is 5.27. The van der Waals surface area contributed by atoms with Crippen LogP contribution in [0.4, 0.5) is 13.2 Å². The minimum absolute atomic E-state index is 0.155. The first-order chi connectivity index (χ1) is 14.9. The number of thiazole rings is 1. The van der Waals surface area contributed by atoms with Crippen molar-refractivity contribution in [1.29, 1.82) is 0 Å². The van der Waals surface area contributed by atoms with Crippen LogP contribution in [0.15, 0.2) is 65.6 Å². The molecule has 0 atom stereocenters. The number of aromatic nitrogens is 4. The molecule has 6 rings (SSSR count). The SMILES string of the molecule is O=c1c2cccnc2c(-c2nc3ccccc3s2)c2[nH]c3ccc(C(F)(F)F)cc3n12. The summed E-state index contributed by atoms with van der Waals surface area (Å²) in [6.45, 7) is 0. The number of alkyl halides is 3. The first kappa shape index (κ1) is 18.1. The predicted molar refractivity (Wildman–Crippen MR) is 114 cm³/mol. The molecule has 152 valence electrons. The summed E-state index contributed by atoms with van der Waals surface area (Å²) in [5, 5.41) is 0.942. The van der Waals surface area contributed by atoms with Gasteiger partial charge in [0.05, 0.1) is 43.3 Å². The molecule has 0 aliphatic carbocycles. The molecule has 31 heavy (non-hydrogen) atoms. The van der Waals surface area contributed by atoms with Crippen molar-refractivity contribution in [3.8, 4) is 10.6 Å². The summed E-state index contributed by atoms with van der Waals surface area (Å²) in [5.74, 6) is 0. The Morgan fingerprint density at radius 3 is 2.68 bits per heavy atom. The average molecular weight is 436 g/mol. The molecular formula is C22H11F3N4OS. The zero-order chi connectivity index (χ0) is 21.3. The number of hydrogen-bond acceptors (Lipinski definition) is 4. The van der Waals surface area contributed by atoms with Gasteiger partial charge < -0.3 is 4.98 Å². The largest absolute Gasteiger partial charge is 0.416 e. The van der Waals surface area contributed by atoms with Crippen molar-refractivity contribution >= 4 is 49.1 Å². The van der Waals surface area contributed by atoms with Gasteiger partial charge in [0.25, 0.3) is 5.56 Å². The summed E-state index contributed by atoms with van der Waals surface area (Å²) in [7, 11) is 0. The van der Waals surface area contributed by atoms with E-state index in [9.17, 15) is 18.0 Å². The second-order valence-electron chi connectivity index (χ2n) is 7.11. The van der Waals surface area contributed by atoms with Gasteiger partial charge in [-0.25, -0.2) is 4.98 Å². The van der Waals surface area contributed by atoms with Crippen LogP contribution in [0.1, 0.15) is 5.56 Å². The second-order valence-corrected chi connectivity index (χ2v) is 8.14. The summed E-state index contributed by atoms with van der Waals surface area (Å²) in [6.07, 6.45) is -2.94. The van der Waals surface area contributed by atoms with E-state index in [1.165, 1.54) is 21.8 Å². The Morgan fingerprint density at radius 2 is 1.87 bits per heavy atom. The van der Waals surface area contributed by atoms with E-state index >= 15 is 0 Å². The van der Waals surface area contributed by atoms with Gasteiger partial charge in [-0.2, -0.15) is 13.2 Å². The smallest absolute Gasteiger partial charge is 0.339 e. The number of pyridine rings is 2. The highest BCUT2D eigenvalue weighted by atomic mass is 32.1. The van der Waals surface area contributed by atoms with Crippen molar-refractivity contribution in [3.63, 3.8) is 0 Å². The molecule has 0 saturated carbocycles. The number of imidazole rings is 1. The molecule has 0 spiro atoms. The summed E-state index contributed by atoms with van der Waals surface area (Å²) in [5.41, 5.74) is 1.52. The van der Waals surface area contributed by atoms with Crippen LogP contribution in [0, 0.1) is 0 Å². The number of H-pyrrole nitrogens is 1. The molecule has 0 bridgehead atoms. The molecule has 0 amide bonds. The zero-order valence-corrected chi connectivity index (χ0v) is 16.4. The van der Waals surface area contributed by atoms with Gasteiger partial charge in [-0.15, -0.1) is 11.3 Å². The molecule has 1 N–H and O–H groups in total. The van der Waals surface area contributed by atoms with Crippen molar-refractivity contribution in [3.05, 3.63) is 76.7 Å². The summed E-state index contributed by atoms with van der Waals surface area (Å²) in [4.78, 5) is 25.5. The second kappa shape index (κ2) is 6.14. The van der Waals surface area contributed by atoms with Gasteiger partial charge in [0.2, 0.25) is 0 Å². The molecule has 5 nitrogen and oxygen atoms in total. The van der Waals surface area contributed by atoms with Gasteiger partial charge in [-0.1, -0.05) is 12.1 Å². The van der Waals surface area contributed by atoms with Gasteiger partial charge in [0.1, 0.15) is 10.7 Å². The molecule has 0 saturated heterocycles. The van der Waals surface area contributed by atoms with Gasteiger partial charge in [0, 0.05) is 6.20 Å². The first-order valence-corrected chi connectivity index (χ1v) is 10.1. The van der Waals surface area contributed by atoms with Crippen molar-refractivity contribution in [2.24, 2.45) is 0 Å². The van der Waals surface area contributed by atoms with Gasteiger partial charge in [0.15, 0.2) is 0 Å². The van der Waals surface area contributed by atoms with Gasteiger partial charge >= 0.3 is 6.18 Å². The maximum absolute atomic E-state index is 13.3. The molecule has 0 aliphatic heterocycles.